The second-order valence-corrected chi connectivity index (χ2v) is 6.16. The highest BCUT2D eigenvalue weighted by molar-refractivity contribution is 6.30. The van der Waals surface area contributed by atoms with E-state index in [-0.39, 0.29) is 0 Å². The Morgan fingerprint density at radius 1 is 1.55 bits per heavy atom. The Labute approximate surface area is 126 Å². The average molecular weight is 300 g/mol. The number of aromatic nitrogens is 2. The van der Waals surface area contributed by atoms with Crippen molar-refractivity contribution in [2.75, 3.05) is 19.8 Å². The summed E-state index contributed by atoms with van der Waals surface area (Å²) in [5, 5.41) is 8.84. The molecule has 114 valence electrons. The van der Waals surface area contributed by atoms with E-state index >= 15 is 0 Å². The van der Waals surface area contributed by atoms with Gasteiger partial charge >= 0.3 is 0 Å². The van der Waals surface area contributed by atoms with Crippen molar-refractivity contribution in [1.82, 2.24) is 15.1 Å². The van der Waals surface area contributed by atoms with Gasteiger partial charge in [0.25, 0.3) is 0 Å². The lowest BCUT2D eigenvalue weighted by Crippen LogP contribution is -2.34. The van der Waals surface area contributed by atoms with E-state index in [0.717, 1.165) is 49.9 Å². The molecule has 2 heterocycles. The number of aryl methyl sites for hydroxylation is 2. The molecule has 1 aromatic heterocycles. The molecule has 0 amide bonds. The number of halogens is 1. The molecule has 0 radical (unpaired) electrons. The molecule has 0 aromatic carbocycles. The molecular formula is C15H26ClN3O. The summed E-state index contributed by atoms with van der Waals surface area (Å²) < 4.78 is 7.26. The summed E-state index contributed by atoms with van der Waals surface area (Å²) in [6.45, 7) is 7.11. The zero-order valence-electron chi connectivity index (χ0n) is 12.8. The van der Waals surface area contributed by atoms with Crippen LogP contribution in [0.4, 0.5) is 0 Å². The van der Waals surface area contributed by atoms with Crippen molar-refractivity contribution >= 4 is 11.6 Å². The van der Waals surface area contributed by atoms with Crippen LogP contribution < -0.4 is 5.32 Å². The number of ether oxygens (including phenoxy) is 1. The Morgan fingerprint density at radius 2 is 2.35 bits per heavy atom. The summed E-state index contributed by atoms with van der Waals surface area (Å²) in [6, 6.07) is 0.460. The average Bonchev–Trinajstić information content (AvgIpc) is 3.00. The van der Waals surface area contributed by atoms with E-state index < -0.39 is 0 Å². The molecule has 1 aromatic rings. The third-order valence-electron chi connectivity index (χ3n) is 4.05. The van der Waals surface area contributed by atoms with Crippen molar-refractivity contribution in [3.63, 3.8) is 0 Å². The maximum Gasteiger partial charge on any atom is 0.130 e. The van der Waals surface area contributed by atoms with Gasteiger partial charge in [-0.05, 0) is 45.1 Å². The Balaban J connectivity index is 2.01. The van der Waals surface area contributed by atoms with Gasteiger partial charge in [0.05, 0.1) is 5.69 Å². The fourth-order valence-electron chi connectivity index (χ4n) is 2.91. The Bertz CT molecular complexity index is 427. The lowest BCUT2D eigenvalue weighted by Gasteiger charge is -2.21. The molecule has 1 fully saturated rings. The van der Waals surface area contributed by atoms with Gasteiger partial charge in [-0.1, -0.05) is 18.5 Å². The Morgan fingerprint density at radius 3 is 2.90 bits per heavy atom. The van der Waals surface area contributed by atoms with Crippen LogP contribution in [-0.2, 0) is 18.2 Å². The van der Waals surface area contributed by atoms with Crippen molar-refractivity contribution in [1.29, 1.82) is 0 Å². The fraction of sp³-hybridized carbons (Fsp3) is 0.800. The van der Waals surface area contributed by atoms with Crippen molar-refractivity contribution in [2.45, 2.75) is 45.6 Å². The highest BCUT2D eigenvalue weighted by Gasteiger charge is 2.23. The predicted octanol–water partition coefficient (Wildman–Crippen LogP) is 2.72. The van der Waals surface area contributed by atoms with E-state index in [0.29, 0.717) is 12.0 Å². The smallest absolute Gasteiger partial charge is 0.130 e. The minimum absolute atomic E-state index is 0.460. The second kappa shape index (κ2) is 7.43. The van der Waals surface area contributed by atoms with Crippen LogP contribution in [0.25, 0.3) is 0 Å². The zero-order chi connectivity index (χ0) is 14.5. The van der Waals surface area contributed by atoms with Gasteiger partial charge in [0.2, 0.25) is 0 Å². The molecule has 1 saturated heterocycles. The first-order chi connectivity index (χ1) is 9.61. The van der Waals surface area contributed by atoms with E-state index in [4.69, 9.17) is 16.3 Å². The lowest BCUT2D eigenvalue weighted by atomic mass is 9.94. The summed E-state index contributed by atoms with van der Waals surface area (Å²) in [6.07, 6.45) is 4.45. The van der Waals surface area contributed by atoms with Crippen LogP contribution >= 0.6 is 11.6 Å². The van der Waals surface area contributed by atoms with E-state index in [1.165, 1.54) is 12.0 Å². The van der Waals surface area contributed by atoms with E-state index in [1.54, 1.807) is 4.68 Å². The molecule has 2 atom stereocenters. The predicted molar refractivity (Wildman–Crippen MR) is 82.3 cm³/mol. The molecule has 20 heavy (non-hydrogen) atoms. The molecule has 4 nitrogen and oxygen atoms in total. The SMILES string of the molecule is CCCNC(Cc1c(C)nn(C)c1Cl)CC1CCOC1. The van der Waals surface area contributed by atoms with E-state index in [2.05, 4.69) is 17.3 Å². The number of rotatable bonds is 7. The summed E-state index contributed by atoms with van der Waals surface area (Å²) >= 11 is 6.36. The van der Waals surface area contributed by atoms with Gasteiger partial charge in [0.15, 0.2) is 0 Å². The van der Waals surface area contributed by atoms with Crippen molar-refractivity contribution in [3.8, 4) is 0 Å². The summed E-state index contributed by atoms with van der Waals surface area (Å²) in [4.78, 5) is 0. The Kier molecular flexibility index (Phi) is 5.87. The van der Waals surface area contributed by atoms with Gasteiger partial charge in [0.1, 0.15) is 5.15 Å². The van der Waals surface area contributed by atoms with Gasteiger partial charge in [-0.25, -0.2) is 0 Å². The normalized spacial score (nSPS) is 20.5. The third-order valence-corrected chi connectivity index (χ3v) is 4.52. The molecule has 2 unspecified atom stereocenters. The van der Waals surface area contributed by atoms with Crippen LogP contribution in [0.2, 0.25) is 5.15 Å². The van der Waals surface area contributed by atoms with Crippen LogP contribution in [0.15, 0.2) is 0 Å². The van der Waals surface area contributed by atoms with E-state index in [1.807, 2.05) is 14.0 Å². The molecular weight excluding hydrogens is 274 g/mol. The molecule has 0 spiro atoms. The standard InChI is InChI=1S/C15H26ClN3O/c1-4-6-17-13(8-12-5-7-20-10-12)9-14-11(2)18-19(3)15(14)16/h12-13,17H,4-10H2,1-3H3. The number of hydrogen-bond donors (Lipinski definition) is 1. The van der Waals surface area contributed by atoms with E-state index in [9.17, 15) is 0 Å². The zero-order valence-corrected chi connectivity index (χ0v) is 13.5. The fourth-order valence-corrected chi connectivity index (χ4v) is 3.16. The van der Waals surface area contributed by atoms with Gasteiger partial charge < -0.3 is 10.1 Å². The van der Waals surface area contributed by atoms with Gasteiger partial charge in [0, 0.05) is 31.9 Å². The van der Waals surface area contributed by atoms with Crippen molar-refractivity contribution in [2.24, 2.45) is 13.0 Å². The highest BCUT2D eigenvalue weighted by atomic mass is 35.5. The van der Waals surface area contributed by atoms with Crippen LogP contribution in [0.1, 0.15) is 37.4 Å². The first-order valence-corrected chi connectivity index (χ1v) is 7.98. The molecule has 5 heteroatoms. The molecule has 0 aliphatic carbocycles. The summed E-state index contributed by atoms with van der Waals surface area (Å²) in [7, 11) is 1.90. The highest BCUT2D eigenvalue weighted by Crippen LogP contribution is 2.24. The molecule has 1 aliphatic rings. The molecule has 0 saturated carbocycles. The molecule has 2 rings (SSSR count). The monoisotopic (exact) mass is 299 g/mol. The Hall–Kier alpha value is -0.580. The third kappa shape index (κ3) is 3.96. The maximum atomic E-state index is 6.36. The number of hydrogen-bond acceptors (Lipinski definition) is 3. The summed E-state index contributed by atoms with van der Waals surface area (Å²) in [5.74, 6) is 0.681. The van der Waals surface area contributed by atoms with Crippen LogP contribution in [0.3, 0.4) is 0 Å². The van der Waals surface area contributed by atoms with Gasteiger partial charge in [-0.2, -0.15) is 5.10 Å². The minimum Gasteiger partial charge on any atom is -0.381 e. The van der Waals surface area contributed by atoms with Gasteiger partial charge in [-0.15, -0.1) is 0 Å². The summed E-state index contributed by atoms with van der Waals surface area (Å²) in [5.41, 5.74) is 2.23. The molecule has 1 N–H and O–H groups in total. The van der Waals surface area contributed by atoms with Crippen molar-refractivity contribution < 1.29 is 4.74 Å². The van der Waals surface area contributed by atoms with Crippen molar-refractivity contribution in [3.05, 3.63) is 16.4 Å². The maximum absolute atomic E-state index is 6.36. The largest absolute Gasteiger partial charge is 0.381 e. The first kappa shape index (κ1) is 15.8. The van der Waals surface area contributed by atoms with Crippen LogP contribution in [0.5, 0.6) is 0 Å². The molecule has 0 bridgehead atoms. The lowest BCUT2D eigenvalue weighted by molar-refractivity contribution is 0.181. The number of nitrogens with one attached hydrogen (secondary N) is 1. The van der Waals surface area contributed by atoms with Crippen LogP contribution in [0, 0.1) is 12.8 Å². The number of nitrogens with zero attached hydrogens (tertiary/aromatic N) is 2. The van der Waals surface area contributed by atoms with Crippen LogP contribution in [-0.4, -0.2) is 35.6 Å². The second-order valence-electron chi connectivity index (χ2n) is 5.80. The minimum atomic E-state index is 0.460. The van der Waals surface area contributed by atoms with Gasteiger partial charge in [-0.3, -0.25) is 4.68 Å². The molecule has 1 aliphatic heterocycles. The first-order valence-electron chi connectivity index (χ1n) is 7.60. The topological polar surface area (TPSA) is 39.1 Å². The quantitative estimate of drug-likeness (QED) is 0.841.